The Kier molecular flexibility index (Phi) is 7.19. The Bertz CT molecular complexity index is 402. The van der Waals surface area contributed by atoms with Crippen LogP contribution in [0.15, 0.2) is 22.7 Å². The summed E-state index contributed by atoms with van der Waals surface area (Å²) in [6.45, 7) is 2.51. The normalized spacial score (nSPS) is 10.3. The molecule has 1 aromatic rings. The van der Waals surface area contributed by atoms with Gasteiger partial charge in [-0.3, -0.25) is 0 Å². The number of hydrogen-bond donors (Lipinski definition) is 2. The van der Waals surface area contributed by atoms with Gasteiger partial charge in [0.1, 0.15) is 4.99 Å². The first kappa shape index (κ1) is 15.4. The van der Waals surface area contributed by atoms with Crippen LogP contribution in [-0.2, 0) is 9.47 Å². The number of hydrogen-bond acceptors (Lipinski definition) is 4. The minimum atomic E-state index is 0.374. The maximum Gasteiger partial charge on any atom is 0.106 e. The van der Waals surface area contributed by atoms with Gasteiger partial charge in [0.25, 0.3) is 0 Å². The molecule has 0 aromatic heterocycles. The molecule has 4 nitrogen and oxygen atoms in total. The lowest BCUT2D eigenvalue weighted by Crippen LogP contribution is -2.16. The van der Waals surface area contributed by atoms with E-state index in [1.54, 1.807) is 7.11 Å². The first-order valence-corrected chi connectivity index (χ1v) is 6.75. The largest absolute Gasteiger partial charge is 0.389 e. The van der Waals surface area contributed by atoms with E-state index in [9.17, 15) is 0 Å². The molecule has 0 bridgehead atoms. The Labute approximate surface area is 121 Å². The predicted octanol–water partition coefficient (Wildman–Crippen LogP) is 2.16. The van der Waals surface area contributed by atoms with Crippen molar-refractivity contribution >= 4 is 38.8 Å². The second kappa shape index (κ2) is 8.42. The molecule has 0 aliphatic heterocycles. The molecule has 0 atom stereocenters. The topological polar surface area (TPSA) is 56.5 Å². The van der Waals surface area contributed by atoms with Gasteiger partial charge in [-0.25, -0.2) is 0 Å². The Balaban J connectivity index is 2.44. The van der Waals surface area contributed by atoms with Gasteiger partial charge in [-0.2, -0.15) is 0 Å². The summed E-state index contributed by atoms with van der Waals surface area (Å²) in [4.78, 5) is 0.374. The number of benzene rings is 1. The molecule has 0 aliphatic carbocycles. The lowest BCUT2D eigenvalue weighted by Gasteiger charge is -2.11. The van der Waals surface area contributed by atoms with Gasteiger partial charge < -0.3 is 20.5 Å². The van der Waals surface area contributed by atoms with E-state index in [2.05, 4.69) is 21.2 Å². The second-order valence-electron chi connectivity index (χ2n) is 3.59. The molecule has 0 fully saturated rings. The van der Waals surface area contributed by atoms with Gasteiger partial charge in [0.05, 0.1) is 19.8 Å². The number of halogens is 1. The van der Waals surface area contributed by atoms with E-state index in [0.29, 0.717) is 31.4 Å². The quantitative estimate of drug-likeness (QED) is 0.564. The van der Waals surface area contributed by atoms with Gasteiger partial charge in [0, 0.05) is 29.4 Å². The molecule has 18 heavy (non-hydrogen) atoms. The van der Waals surface area contributed by atoms with Crippen LogP contribution in [0, 0.1) is 0 Å². The van der Waals surface area contributed by atoms with Gasteiger partial charge in [0.15, 0.2) is 0 Å². The van der Waals surface area contributed by atoms with E-state index in [4.69, 9.17) is 27.4 Å². The number of rotatable bonds is 8. The lowest BCUT2D eigenvalue weighted by atomic mass is 10.2. The molecule has 3 N–H and O–H groups in total. The van der Waals surface area contributed by atoms with Crippen LogP contribution in [0.5, 0.6) is 0 Å². The fourth-order valence-electron chi connectivity index (χ4n) is 1.38. The predicted molar refractivity (Wildman–Crippen MR) is 81.2 cm³/mol. The van der Waals surface area contributed by atoms with E-state index < -0.39 is 0 Å². The van der Waals surface area contributed by atoms with Gasteiger partial charge in [0.2, 0.25) is 0 Å². The summed E-state index contributed by atoms with van der Waals surface area (Å²) in [6.07, 6.45) is 0. The number of methoxy groups -OCH3 is 1. The summed E-state index contributed by atoms with van der Waals surface area (Å²) in [5.74, 6) is 0. The summed E-state index contributed by atoms with van der Waals surface area (Å²) in [5, 5.41) is 3.24. The van der Waals surface area contributed by atoms with Crippen molar-refractivity contribution < 1.29 is 9.47 Å². The number of thiocarbonyl (C=S) groups is 1. The van der Waals surface area contributed by atoms with Crippen LogP contribution in [0.2, 0.25) is 0 Å². The van der Waals surface area contributed by atoms with Crippen molar-refractivity contribution in [2.24, 2.45) is 5.73 Å². The molecule has 0 radical (unpaired) electrons. The van der Waals surface area contributed by atoms with E-state index in [0.717, 1.165) is 15.7 Å². The number of nitrogens with one attached hydrogen (secondary N) is 1. The molecule has 0 saturated carbocycles. The zero-order valence-electron chi connectivity index (χ0n) is 10.2. The minimum absolute atomic E-state index is 0.374. The summed E-state index contributed by atoms with van der Waals surface area (Å²) < 4.78 is 11.2. The van der Waals surface area contributed by atoms with E-state index in [1.165, 1.54) is 0 Å². The molecule has 1 rings (SSSR count). The summed E-state index contributed by atoms with van der Waals surface area (Å²) >= 11 is 8.41. The average molecular weight is 333 g/mol. The first-order valence-electron chi connectivity index (χ1n) is 5.55. The maximum absolute atomic E-state index is 5.68. The highest BCUT2D eigenvalue weighted by molar-refractivity contribution is 9.10. The maximum atomic E-state index is 5.68. The summed E-state index contributed by atoms with van der Waals surface area (Å²) in [7, 11) is 1.65. The van der Waals surface area contributed by atoms with Crippen molar-refractivity contribution in [3.05, 3.63) is 28.2 Å². The van der Waals surface area contributed by atoms with Gasteiger partial charge in [-0.15, -0.1) is 0 Å². The van der Waals surface area contributed by atoms with E-state index in [-0.39, 0.29) is 0 Å². The first-order chi connectivity index (χ1) is 8.65. The summed E-state index contributed by atoms with van der Waals surface area (Å²) in [5.41, 5.74) is 7.42. The Morgan fingerprint density at radius 2 is 2.17 bits per heavy atom. The smallest absolute Gasteiger partial charge is 0.106 e. The molecule has 100 valence electrons. The zero-order chi connectivity index (χ0) is 13.4. The highest BCUT2D eigenvalue weighted by Gasteiger charge is 2.05. The van der Waals surface area contributed by atoms with Gasteiger partial charge in [-0.05, 0) is 18.2 Å². The molecule has 0 heterocycles. The minimum Gasteiger partial charge on any atom is -0.389 e. The number of anilines is 1. The van der Waals surface area contributed by atoms with Crippen LogP contribution in [-0.4, -0.2) is 38.5 Å². The fourth-order valence-corrected chi connectivity index (χ4v) is 1.91. The average Bonchev–Trinajstić information content (AvgIpc) is 2.35. The van der Waals surface area contributed by atoms with Crippen molar-refractivity contribution in [3.63, 3.8) is 0 Å². The Morgan fingerprint density at radius 1 is 1.39 bits per heavy atom. The zero-order valence-corrected chi connectivity index (χ0v) is 12.6. The van der Waals surface area contributed by atoms with Crippen molar-refractivity contribution in [1.29, 1.82) is 0 Å². The second-order valence-corrected chi connectivity index (χ2v) is 4.94. The molecule has 0 saturated heterocycles. The highest BCUT2D eigenvalue weighted by Crippen LogP contribution is 2.20. The van der Waals surface area contributed by atoms with Crippen LogP contribution in [0.25, 0.3) is 0 Å². The van der Waals surface area contributed by atoms with Crippen LogP contribution < -0.4 is 11.1 Å². The van der Waals surface area contributed by atoms with Crippen LogP contribution >= 0.6 is 28.1 Å². The van der Waals surface area contributed by atoms with Crippen molar-refractivity contribution in [2.45, 2.75) is 0 Å². The van der Waals surface area contributed by atoms with Crippen molar-refractivity contribution in [3.8, 4) is 0 Å². The third-order valence-corrected chi connectivity index (χ3v) is 2.95. The molecule has 0 spiro atoms. The standard InChI is InChI=1S/C12H17BrN2O2S/c1-16-6-7-17-5-4-15-11-3-2-9(13)8-10(11)12(14)18/h2-3,8,15H,4-7H2,1H3,(H2,14,18). The molecule has 0 unspecified atom stereocenters. The van der Waals surface area contributed by atoms with Crippen LogP contribution in [0.1, 0.15) is 5.56 Å². The van der Waals surface area contributed by atoms with E-state index >= 15 is 0 Å². The van der Waals surface area contributed by atoms with Gasteiger partial charge in [-0.1, -0.05) is 28.1 Å². The Morgan fingerprint density at radius 3 is 2.83 bits per heavy atom. The fraction of sp³-hybridized carbons (Fsp3) is 0.417. The lowest BCUT2D eigenvalue weighted by molar-refractivity contribution is 0.0759. The van der Waals surface area contributed by atoms with Crippen molar-refractivity contribution in [2.75, 3.05) is 38.8 Å². The third kappa shape index (κ3) is 5.30. The SMILES string of the molecule is COCCOCCNc1ccc(Br)cc1C(N)=S. The third-order valence-electron chi connectivity index (χ3n) is 2.24. The van der Waals surface area contributed by atoms with E-state index in [1.807, 2.05) is 18.2 Å². The molecule has 1 aromatic carbocycles. The molecular weight excluding hydrogens is 316 g/mol. The number of nitrogens with two attached hydrogens (primary N) is 1. The molecule has 0 amide bonds. The molecular formula is C12H17BrN2O2S. The van der Waals surface area contributed by atoms with Crippen molar-refractivity contribution in [1.82, 2.24) is 0 Å². The van der Waals surface area contributed by atoms with Gasteiger partial charge >= 0.3 is 0 Å². The molecule has 0 aliphatic rings. The van der Waals surface area contributed by atoms with Crippen LogP contribution in [0.4, 0.5) is 5.69 Å². The Hall–Kier alpha value is -0.690. The highest BCUT2D eigenvalue weighted by atomic mass is 79.9. The molecule has 6 heteroatoms. The monoisotopic (exact) mass is 332 g/mol. The number of ether oxygens (including phenoxy) is 2. The van der Waals surface area contributed by atoms with Crippen LogP contribution in [0.3, 0.4) is 0 Å². The summed E-state index contributed by atoms with van der Waals surface area (Å²) in [6, 6.07) is 5.78.